The quantitative estimate of drug-likeness (QED) is 0.798. The van der Waals surface area contributed by atoms with Crippen LogP contribution in [0.1, 0.15) is 24.3 Å². The third kappa shape index (κ3) is 4.14. The predicted molar refractivity (Wildman–Crippen MR) is 89.2 cm³/mol. The number of hydrogen-bond acceptors (Lipinski definition) is 4. The summed E-state index contributed by atoms with van der Waals surface area (Å²) in [5, 5.41) is 6.88. The minimum atomic E-state index is -0.0262. The maximum Gasteiger partial charge on any atom is 0.167 e. The molecule has 0 saturated carbocycles. The van der Waals surface area contributed by atoms with Gasteiger partial charge in [-0.1, -0.05) is 0 Å². The topological polar surface area (TPSA) is 55.7 Å². The fourth-order valence-electron chi connectivity index (χ4n) is 2.08. The van der Waals surface area contributed by atoms with Gasteiger partial charge >= 0.3 is 0 Å². The number of furan rings is 1. The van der Waals surface area contributed by atoms with Crippen LogP contribution in [-0.4, -0.2) is 19.3 Å². The number of nitrogens with one attached hydrogen (secondary N) is 2. The van der Waals surface area contributed by atoms with Crippen molar-refractivity contribution in [2.24, 2.45) is 0 Å². The van der Waals surface area contributed by atoms with E-state index in [0.717, 1.165) is 22.8 Å². The van der Waals surface area contributed by atoms with Crippen molar-refractivity contribution in [2.45, 2.75) is 19.5 Å². The minimum absolute atomic E-state index is 0.0262. The molecule has 118 valence electrons. The van der Waals surface area contributed by atoms with Crippen molar-refractivity contribution in [3.8, 4) is 11.5 Å². The lowest BCUT2D eigenvalue weighted by Gasteiger charge is -2.20. The zero-order valence-corrected chi connectivity index (χ0v) is 13.7. The SMILES string of the molecule is COc1ccc(OC)c([C@@H](C)NC(=S)NCc2ccco2)c1. The normalized spacial score (nSPS) is 11.6. The third-order valence-corrected chi connectivity index (χ3v) is 3.52. The molecule has 0 radical (unpaired) electrons. The van der Waals surface area contributed by atoms with E-state index in [4.69, 9.17) is 26.1 Å². The molecule has 6 heteroatoms. The summed E-state index contributed by atoms with van der Waals surface area (Å²) in [7, 11) is 3.28. The number of ether oxygens (including phenoxy) is 2. The largest absolute Gasteiger partial charge is 0.497 e. The number of methoxy groups -OCH3 is 2. The summed E-state index contributed by atoms with van der Waals surface area (Å²) in [5.41, 5.74) is 0.976. The number of rotatable bonds is 6. The van der Waals surface area contributed by atoms with Gasteiger partial charge in [-0.3, -0.25) is 0 Å². The molecule has 2 N–H and O–H groups in total. The molecule has 2 aromatic rings. The van der Waals surface area contributed by atoms with Crippen LogP contribution >= 0.6 is 12.2 Å². The van der Waals surface area contributed by atoms with Crippen LogP contribution in [0.5, 0.6) is 11.5 Å². The van der Waals surface area contributed by atoms with Crippen molar-refractivity contribution in [1.29, 1.82) is 0 Å². The zero-order chi connectivity index (χ0) is 15.9. The highest BCUT2D eigenvalue weighted by Crippen LogP contribution is 2.29. The second-order valence-electron chi connectivity index (χ2n) is 4.74. The summed E-state index contributed by atoms with van der Waals surface area (Å²) in [6, 6.07) is 9.39. The van der Waals surface area contributed by atoms with Gasteiger partial charge < -0.3 is 24.5 Å². The summed E-state index contributed by atoms with van der Waals surface area (Å²) < 4.78 is 15.9. The Morgan fingerprint density at radius 2 is 2.09 bits per heavy atom. The van der Waals surface area contributed by atoms with Crippen molar-refractivity contribution in [2.75, 3.05) is 14.2 Å². The summed E-state index contributed by atoms with van der Waals surface area (Å²) in [6.07, 6.45) is 1.64. The molecule has 0 fully saturated rings. The van der Waals surface area contributed by atoms with Crippen LogP contribution in [0.4, 0.5) is 0 Å². The molecule has 2 rings (SSSR count). The van der Waals surface area contributed by atoms with Gasteiger partial charge in [0.15, 0.2) is 5.11 Å². The van der Waals surface area contributed by atoms with Gasteiger partial charge in [0.2, 0.25) is 0 Å². The molecule has 0 amide bonds. The smallest absolute Gasteiger partial charge is 0.167 e. The fraction of sp³-hybridized carbons (Fsp3) is 0.312. The first-order chi connectivity index (χ1) is 10.6. The van der Waals surface area contributed by atoms with E-state index < -0.39 is 0 Å². The van der Waals surface area contributed by atoms with E-state index >= 15 is 0 Å². The summed E-state index contributed by atoms with van der Waals surface area (Å²) in [5.74, 6) is 2.39. The molecule has 0 bridgehead atoms. The highest BCUT2D eigenvalue weighted by atomic mass is 32.1. The molecular weight excluding hydrogens is 300 g/mol. The first kappa shape index (κ1) is 16.2. The van der Waals surface area contributed by atoms with Gasteiger partial charge in [0.05, 0.1) is 33.1 Å². The molecule has 5 nitrogen and oxygen atoms in total. The molecule has 0 aliphatic carbocycles. The van der Waals surface area contributed by atoms with Crippen molar-refractivity contribution in [3.05, 3.63) is 47.9 Å². The van der Waals surface area contributed by atoms with E-state index in [1.54, 1.807) is 20.5 Å². The van der Waals surface area contributed by atoms with Crippen LogP contribution in [0.2, 0.25) is 0 Å². The Labute approximate surface area is 135 Å². The van der Waals surface area contributed by atoms with E-state index in [-0.39, 0.29) is 6.04 Å². The zero-order valence-electron chi connectivity index (χ0n) is 12.9. The van der Waals surface area contributed by atoms with Crippen LogP contribution in [0.25, 0.3) is 0 Å². The van der Waals surface area contributed by atoms with Crippen molar-refractivity contribution < 1.29 is 13.9 Å². The molecular formula is C16H20N2O3S. The van der Waals surface area contributed by atoms with Gasteiger partial charge in [0.1, 0.15) is 17.3 Å². The Balaban J connectivity index is 1.98. The van der Waals surface area contributed by atoms with Gasteiger partial charge in [-0.25, -0.2) is 0 Å². The summed E-state index contributed by atoms with van der Waals surface area (Å²) >= 11 is 5.31. The second kappa shape index (κ2) is 7.70. The Bertz CT molecular complexity index is 614. The number of benzene rings is 1. The van der Waals surface area contributed by atoms with Crippen molar-refractivity contribution in [3.63, 3.8) is 0 Å². The molecule has 0 unspecified atom stereocenters. The standard InChI is InChI=1S/C16H20N2O3S/c1-11(14-9-12(19-2)6-7-15(14)20-3)18-16(22)17-10-13-5-4-8-21-13/h4-9,11H,10H2,1-3H3,(H2,17,18,22)/t11-/m1/s1. The lowest BCUT2D eigenvalue weighted by molar-refractivity contribution is 0.394. The maximum absolute atomic E-state index is 5.39. The molecule has 0 spiro atoms. The Hall–Kier alpha value is -2.21. The van der Waals surface area contributed by atoms with Gasteiger partial charge in [0, 0.05) is 5.56 Å². The fourth-order valence-corrected chi connectivity index (χ4v) is 2.33. The van der Waals surface area contributed by atoms with E-state index in [1.807, 2.05) is 37.3 Å². The molecule has 1 heterocycles. The van der Waals surface area contributed by atoms with E-state index in [9.17, 15) is 0 Å². The molecule has 1 aromatic carbocycles. The van der Waals surface area contributed by atoms with Crippen LogP contribution in [0.3, 0.4) is 0 Å². The lowest BCUT2D eigenvalue weighted by Crippen LogP contribution is -2.36. The molecule has 22 heavy (non-hydrogen) atoms. The molecule has 0 aliphatic rings. The first-order valence-electron chi connectivity index (χ1n) is 6.92. The molecule has 0 aliphatic heterocycles. The van der Waals surface area contributed by atoms with Gasteiger partial charge in [-0.15, -0.1) is 0 Å². The van der Waals surface area contributed by atoms with Gasteiger partial charge in [-0.05, 0) is 49.5 Å². The van der Waals surface area contributed by atoms with Gasteiger partial charge in [-0.2, -0.15) is 0 Å². The molecule has 0 saturated heterocycles. The summed E-state index contributed by atoms with van der Waals surface area (Å²) in [6.45, 7) is 2.55. The average Bonchev–Trinajstić information content (AvgIpc) is 3.05. The highest BCUT2D eigenvalue weighted by molar-refractivity contribution is 7.80. The van der Waals surface area contributed by atoms with Crippen molar-refractivity contribution >= 4 is 17.3 Å². The van der Waals surface area contributed by atoms with Crippen LogP contribution < -0.4 is 20.1 Å². The monoisotopic (exact) mass is 320 g/mol. The Morgan fingerprint density at radius 3 is 2.73 bits per heavy atom. The third-order valence-electron chi connectivity index (χ3n) is 3.25. The minimum Gasteiger partial charge on any atom is -0.497 e. The second-order valence-corrected chi connectivity index (χ2v) is 5.14. The number of thiocarbonyl (C=S) groups is 1. The Morgan fingerprint density at radius 1 is 1.27 bits per heavy atom. The summed E-state index contributed by atoms with van der Waals surface area (Å²) in [4.78, 5) is 0. The molecule has 1 atom stereocenters. The van der Waals surface area contributed by atoms with Crippen LogP contribution in [0, 0.1) is 0 Å². The maximum atomic E-state index is 5.39. The number of hydrogen-bond donors (Lipinski definition) is 2. The first-order valence-corrected chi connectivity index (χ1v) is 7.33. The predicted octanol–water partition coefficient (Wildman–Crippen LogP) is 3.02. The lowest BCUT2D eigenvalue weighted by atomic mass is 10.1. The molecule has 1 aromatic heterocycles. The van der Waals surface area contributed by atoms with Crippen molar-refractivity contribution in [1.82, 2.24) is 10.6 Å². The average molecular weight is 320 g/mol. The van der Waals surface area contributed by atoms with Gasteiger partial charge in [0.25, 0.3) is 0 Å². The van der Waals surface area contributed by atoms with E-state index in [2.05, 4.69) is 10.6 Å². The van der Waals surface area contributed by atoms with Crippen LogP contribution in [0.15, 0.2) is 41.0 Å². The van der Waals surface area contributed by atoms with E-state index in [1.165, 1.54) is 0 Å². The highest BCUT2D eigenvalue weighted by Gasteiger charge is 2.13. The van der Waals surface area contributed by atoms with Crippen LogP contribution in [-0.2, 0) is 6.54 Å². The van der Waals surface area contributed by atoms with E-state index in [0.29, 0.717) is 11.7 Å². The Kier molecular flexibility index (Phi) is 5.66.